The lowest BCUT2D eigenvalue weighted by molar-refractivity contribution is -0.147. The third-order valence-electron chi connectivity index (χ3n) is 4.89. The number of aromatic nitrogens is 1. The van der Waals surface area contributed by atoms with Gasteiger partial charge in [-0.1, -0.05) is 18.2 Å². The number of nitrogens with one attached hydrogen (secondary N) is 4. The van der Waals surface area contributed by atoms with Gasteiger partial charge in [-0.2, -0.15) is 0 Å². The number of carboxylic acids is 2. The monoisotopic (exact) mass is 461 g/mol. The third kappa shape index (κ3) is 7.04. The zero-order valence-electron chi connectivity index (χ0n) is 18.1. The van der Waals surface area contributed by atoms with Crippen LogP contribution in [0, 0.1) is 0 Å². The molecule has 3 amide bonds. The SMILES string of the molecule is CC(N)C(=O)NC(C)C(=O)NC(Cc1c[nH]c2ccccc12)C(=O)NC(CC(=O)O)C(=O)O. The number of benzene rings is 1. The van der Waals surface area contributed by atoms with E-state index in [2.05, 4.69) is 20.9 Å². The molecule has 1 heterocycles. The van der Waals surface area contributed by atoms with E-state index in [0.29, 0.717) is 5.56 Å². The van der Waals surface area contributed by atoms with Crippen molar-refractivity contribution in [1.29, 1.82) is 0 Å². The number of carboxylic acid groups (broad SMARTS) is 2. The molecule has 0 aliphatic rings. The van der Waals surface area contributed by atoms with Crippen molar-refractivity contribution in [2.75, 3.05) is 0 Å². The van der Waals surface area contributed by atoms with Crippen LogP contribution in [-0.4, -0.2) is 69.0 Å². The second-order valence-electron chi connectivity index (χ2n) is 7.64. The molecule has 0 saturated carbocycles. The molecule has 0 saturated heterocycles. The van der Waals surface area contributed by atoms with E-state index in [0.717, 1.165) is 10.9 Å². The predicted octanol–water partition coefficient (Wildman–Crippen LogP) is -0.909. The van der Waals surface area contributed by atoms with E-state index in [1.807, 2.05) is 18.2 Å². The van der Waals surface area contributed by atoms with E-state index < -0.39 is 60.2 Å². The number of para-hydroxylation sites is 1. The van der Waals surface area contributed by atoms with Gasteiger partial charge in [0.25, 0.3) is 0 Å². The van der Waals surface area contributed by atoms with Crippen molar-refractivity contribution in [3.05, 3.63) is 36.0 Å². The van der Waals surface area contributed by atoms with Crippen molar-refractivity contribution in [3.8, 4) is 0 Å². The standard InChI is InChI=1S/C21H27N5O7/c1-10(22)18(29)24-11(2)19(30)25-15(20(31)26-16(21(32)33)8-17(27)28)7-12-9-23-14-6-4-3-5-13(12)14/h3-6,9-11,15-16,23H,7-8,22H2,1-2H3,(H,24,29)(H,25,30)(H,26,31)(H,27,28)(H,32,33). The molecule has 0 bridgehead atoms. The summed E-state index contributed by atoms with van der Waals surface area (Å²) in [6, 6.07) is 2.44. The van der Waals surface area contributed by atoms with Gasteiger partial charge in [-0.3, -0.25) is 19.2 Å². The van der Waals surface area contributed by atoms with Gasteiger partial charge in [0.05, 0.1) is 12.5 Å². The fraction of sp³-hybridized carbons (Fsp3) is 0.381. The Kier molecular flexibility index (Phi) is 8.51. The molecule has 1 aromatic carbocycles. The zero-order chi connectivity index (χ0) is 24.7. The van der Waals surface area contributed by atoms with Crippen LogP contribution in [0.3, 0.4) is 0 Å². The average Bonchev–Trinajstić information content (AvgIpc) is 3.14. The highest BCUT2D eigenvalue weighted by Gasteiger charge is 2.30. The van der Waals surface area contributed by atoms with E-state index in [-0.39, 0.29) is 6.42 Å². The van der Waals surface area contributed by atoms with Gasteiger partial charge in [-0.15, -0.1) is 0 Å². The van der Waals surface area contributed by atoms with Crippen molar-refractivity contribution >= 4 is 40.6 Å². The van der Waals surface area contributed by atoms with Crippen molar-refractivity contribution < 1.29 is 34.2 Å². The van der Waals surface area contributed by atoms with Crippen LogP contribution in [0.4, 0.5) is 0 Å². The average molecular weight is 461 g/mol. The lowest BCUT2D eigenvalue weighted by Crippen LogP contribution is -2.56. The molecule has 0 aliphatic heterocycles. The number of amides is 3. The Morgan fingerprint density at radius 1 is 0.939 bits per heavy atom. The molecule has 2 rings (SSSR count). The summed E-state index contributed by atoms with van der Waals surface area (Å²) < 4.78 is 0. The number of hydrogen-bond acceptors (Lipinski definition) is 6. The lowest BCUT2D eigenvalue weighted by atomic mass is 10.0. The maximum absolute atomic E-state index is 12.9. The quantitative estimate of drug-likeness (QED) is 0.223. The summed E-state index contributed by atoms with van der Waals surface area (Å²) in [6.07, 6.45) is 0.801. The maximum Gasteiger partial charge on any atom is 0.326 e. The minimum atomic E-state index is -1.69. The van der Waals surface area contributed by atoms with E-state index in [1.54, 1.807) is 12.3 Å². The van der Waals surface area contributed by atoms with Crippen molar-refractivity contribution in [2.45, 2.75) is 50.9 Å². The molecule has 0 aliphatic carbocycles. The summed E-state index contributed by atoms with van der Waals surface area (Å²) in [7, 11) is 0. The van der Waals surface area contributed by atoms with Gasteiger partial charge < -0.3 is 36.9 Å². The Hall–Kier alpha value is -3.93. The Bertz CT molecular complexity index is 1050. The van der Waals surface area contributed by atoms with Crippen LogP contribution in [0.25, 0.3) is 10.9 Å². The van der Waals surface area contributed by atoms with Gasteiger partial charge in [-0.05, 0) is 25.5 Å². The topological polar surface area (TPSA) is 204 Å². The summed E-state index contributed by atoms with van der Waals surface area (Å²) in [4.78, 5) is 62.7. The van der Waals surface area contributed by atoms with Crippen LogP contribution in [0.5, 0.6) is 0 Å². The van der Waals surface area contributed by atoms with E-state index in [4.69, 9.17) is 10.8 Å². The van der Waals surface area contributed by atoms with Gasteiger partial charge >= 0.3 is 11.9 Å². The highest BCUT2D eigenvalue weighted by Crippen LogP contribution is 2.19. The van der Waals surface area contributed by atoms with E-state index in [9.17, 15) is 29.1 Å². The summed E-state index contributed by atoms with van der Waals surface area (Å²) in [5, 5.41) is 26.0. The van der Waals surface area contributed by atoms with Crippen LogP contribution in [0.1, 0.15) is 25.8 Å². The number of aliphatic carboxylic acids is 2. The molecule has 0 radical (unpaired) electrons. The summed E-state index contributed by atoms with van der Waals surface area (Å²) >= 11 is 0. The first-order valence-corrected chi connectivity index (χ1v) is 10.2. The number of rotatable bonds is 11. The summed E-state index contributed by atoms with van der Waals surface area (Å²) in [5.74, 6) is -5.09. The van der Waals surface area contributed by atoms with Crippen molar-refractivity contribution in [2.24, 2.45) is 5.73 Å². The molecule has 12 heteroatoms. The number of aromatic amines is 1. The third-order valence-corrected chi connectivity index (χ3v) is 4.89. The molecule has 8 N–H and O–H groups in total. The van der Waals surface area contributed by atoms with Gasteiger partial charge in [-0.25, -0.2) is 4.79 Å². The van der Waals surface area contributed by atoms with Crippen LogP contribution in [0.15, 0.2) is 30.5 Å². The van der Waals surface area contributed by atoms with Gasteiger partial charge in [0.2, 0.25) is 17.7 Å². The number of nitrogens with two attached hydrogens (primary N) is 1. The first-order chi connectivity index (χ1) is 15.5. The Morgan fingerprint density at radius 3 is 2.18 bits per heavy atom. The van der Waals surface area contributed by atoms with Crippen LogP contribution < -0.4 is 21.7 Å². The fourth-order valence-corrected chi connectivity index (χ4v) is 3.08. The molecule has 0 spiro atoms. The second-order valence-corrected chi connectivity index (χ2v) is 7.64. The molecule has 178 valence electrons. The highest BCUT2D eigenvalue weighted by atomic mass is 16.4. The van der Waals surface area contributed by atoms with E-state index >= 15 is 0 Å². The maximum atomic E-state index is 12.9. The molecule has 2 aromatic rings. The largest absolute Gasteiger partial charge is 0.481 e. The first kappa shape index (κ1) is 25.3. The Balaban J connectivity index is 2.25. The number of hydrogen-bond donors (Lipinski definition) is 7. The van der Waals surface area contributed by atoms with Gasteiger partial charge in [0, 0.05) is 23.5 Å². The van der Waals surface area contributed by atoms with Gasteiger partial charge in [0.1, 0.15) is 18.1 Å². The van der Waals surface area contributed by atoms with Crippen LogP contribution >= 0.6 is 0 Å². The Labute approximate surface area is 188 Å². The van der Waals surface area contributed by atoms with Gasteiger partial charge in [0.15, 0.2) is 0 Å². The first-order valence-electron chi connectivity index (χ1n) is 10.2. The number of H-pyrrole nitrogens is 1. The normalized spacial score (nSPS) is 14.5. The number of carbonyl (C=O) groups is 5. The van der Waals surface area contributed by atoms with Crippen molar-refractivity contribution in [1.82, 2.24) is 20.9 Å². The van der Waals surface area contributed by atoms with E-state index in [1.165, 1.54) is 13.8 Å². The van der Waals surface area contributed by atoms with Crippen molar-refractivity contribution in [3.63, 3.8) is 0 Å². The lowest BCUT2D eigenvalue weighted by Gasteiger charge is -2.23. The number of carbonyl (C=O) groups excluding carboxylic acids is 3. The number of fused-ring (bicyclic) bond motifs is 1. The fourth-order valence-electron chi connectivity index (χ4n) is 3.08. The molecule has 33 heavy (non-hydrogen) atoms. The second kappa shape index (κ2) is 11.1. The zero-order valence-corrected chi connectivity index (χ0v) is 18.1. The van der Waals surface area contributed by atoms with Crippen LogP contribution in [0.2, 0.25) is 0 Å². The molecule has 12 nitrogen and oxygen atoms in total. The smallest absolute Gasteiger partial charge is 0.326 e. The predicted molar refractivity (Wildman–Crippen MR) is 117 cm³/mol. The summed E-state index contributed by atoms with van der Waals surface area (Å²) in [5.41, 5.74) is 6.95. The minimum absolute atomic E-state index is 0.0189. The van der Waals surface area contributed by atoms with Crippen LogP contribution in [-0.2, 0) is 30.4 Å². The highest BCUT2D eigenvalue weighted by molar-refractivity contribution is 5.95. The summed E-state index contributed by atoms with van der Waals surface area (Å²) in [6.45, 7) is 2.85. The molecule has 4 atom stereocenters. The minimum Gasteiger partial charge on any atom is -0.481 e. The molecule has 1 aromatic heterocycles. The Morgan fingerprint density at radius 2 is 1.58 bits per heavy atom. The molecular weight excluding hydrogens is 434 g/mol. The molecule has 0 fully saturated rings. The molecule has 4 unspecified atom stereocenters. The molecular formula is C21H27N5O7.